The molecule has 4 rings (SSSR count). The Morgan fingerprint density at radius 1 is 1.29 bits per heavy atom. The van der Waals surface area contributed by atoms with E-state index in [9.17, 15) is 0 Å². The van der Waals surface area contributed by atoms with Crippen molar-refractivity contribution < 1.29 is 0 Å². The molecule has 1 aliphatic heterocycles. The van der Waals surface area contributed by atoms with Gasteiger partial charge in [-0.2, -0.15) is 5.10 Å². The third kappa shape index (κ3) is 2.27. The number of nitrogens with zero attached hydrogens (tertiary/aromatic N) is 5. The Balaban J connectivity index is 1.61. The number of aromatic nitrogens is 5. The standard InChI is InChI=1S/C14H16N6S/c1-9(11-6-10-4-2-3-5-20(10)19-11)18-13-12-14(16-7-15-13)21-8-17-12/h6-9H,2-5H2,1H3,(H,15,16,18). The molecule has 21 heavy (non-hydrogen) atoms. The van der Waals surface area contributed by atoms with Gasteiger partial charge in [-0.05, 0) is 32.3 Å². The second-order valence-electron chi connectivity index (χ2n) is 5.34. The van der Waals surface area contributed by atoms with E-state index in [0.29, 0.717) is 0 Å². The minimum atomic E-state index is 0.0999. The summed E-state index contributed by atoms with van der Waals surface area (Å²) in [4.78, 5) is 13.8. The summed E-state index contributed by atoms with van der Waals surface area (Å²) in [7, 11) is 0. The molecule has 3 aromatic rings. The Morgan fingerprint density at radius 3 is 3.14 bits per heavy atom. The zero-order valence-electron chi connectivity index (χ0n) is 11.8. The molecule has 0 amide bonds. The highest BCUT2D eigenvalue weighted by atomic mass is 32.1. The van der Waals surface area contributed by atoms with Crippen LogP contribution in [0.15, 0.2) is 17.9 Å². The van der Waals surface area contributed by atoms with E-state index in [4.69, 9.17) is 5.10 Å². The first-order valence-corrected chi connectivity index (χ1v) is 8.06. The van der Waals surface area contributed by atoms with Crippen LogP contribution in [0.4, 0.5) is 5.82 Å². The first-order valence-electron chi connectivity index (χ1n) is 7.18. The lowest BCUT2D eigenvalue weighted by atomic mass is 10.1. The van der Waals surface area contributed by atoms with Crippen LogP contribution in [0.3, 0.4) is 0 Å². The number of hydrogen-bond donors (Lipinski definition) is 1. The fourth-order valence-corrected chi connectivity index (χ4v) is 3.36. The van der Waals surface area contributed by atoms with E-state index < -0.39 is 0 Å². The summed E-state index contributed by atoms with van der Waals surface area (Å²) in [6, 6.07) is 2.30. The fraction of sp³-hybridized carbons (Fsp3) is 0.429. The number of fused-ring (bicyclic) bond motifs is 2. The summed E-state index contributed by atoms with van der Waals surface area (Å²) in [6.45, 7) is 3.14. The monoisotopic (exact) mass is 300 g/mol. The van der Waals surface area contributed by atoms with Gasteiger partial charge in [0.05, 0.1) is 17.2 Å². The zero-order chi connectivity index (χ0) is 14.2. The summed E-state index contributed by atoms with van der Waals surface area (Å²) in [5, 5.41) is 8.12. The Morgan fingerprint density at radius 2 is 2.24 bits per heavy atom. The van der Waals surface area contributed by atoms with Crippen molar-refractivity contribution in [1.82, 2.24) is 24.7 Å². The van der Waals surface area contributed by atoms with Crippen LogP contribution in [0.25, 0.3) is 10.3 Å². The molecule has 0 saturated heterocycles. The third-order valence-electron chi connectivity index (χ3n) is 3.87. The van der Waals surface area contributed by atoms with Gasteiger partial charge < -0.3 is 5.32 Å². The molecular formula is C14H16N6S. The highest BCUT2D eigenvalue weighted by Gasteiger charge is 2.17. The Labute approximate surface area is 126 Å². The number of thiazole rings is 1. The lowest BCUT2D eigenvalue weighted by molar-refractivity contribution is 0.482. The van der Waals surface area contributed by atoms with Gasteiger partial charge in [0.2, 0.25) is 0 Å². The maximum atomic E-state index is 4.71. The average molecular weight is 300 g/mol. The van der Waals surface area contributed by atoms with Gasteiger partial charge in [-0.25, -0.2) is 15.0 Å². The van der Waals surface area contributed by atoms with E-state index in [1.807, 2.05) is 0 Å². The van der Waals surface area contributed by atoms with Gasteiger partial charge in [0, 0.05) is 12.2 Å². The van der Waals surface area contributed by atoms with Crippen LogP contribution in [0.5, 0.6) is 0 Å². The van der Waals surface area contributed by atoms with Crippen LogP contribution in [0.1, 0.15) is 37.2 Å². The van der Waals surface area contributed by atoms with Crippen LogP contribution in [-0.2, 0) is 13.0 Å². The van der Waals surface area contributed by atoms with Crippen LogP contribution in [0.2, 0.25) is 0 Å². The second-order valence-corrected chi connectivity index (χ2v) is 6.17. The van der Waals surface area contributed by atoms with Crippen molar-refractivity contribution in [1.29, 1.82) is 0 Å². The molecule has 1 N–H and O–H groups in total. The minimum absolute atomic E-state index is 0.0999. The van der Waals surface area contributed by atoms with Gasteiger partial charge in [0.15, 0.2) is 5.82 Å². The first kappa shape index (κ1) is 12.7. The maximum Gasteiger partial charge on any atom is 0.157 e. The van der Waals surface area contributed by atoms with Gasteiger partial charge in [-0.3, -0.25) is 4.68 Å². The molecule has 3 aromatic heterocycles. The van der Waals surface area contributed by atoms with Gasteiger partial charge in [-0.15, -0.1) is 11.3 Å². The van der Waals surface area contributed by atoms with Gasteiger partial charge >= 0.3 is 0 Å². The number of aryl methyl sites for hydroxylation is 2. The normalized spacial score (nSPS) is 15.9. The van der Waals surface area contributed by atoms with Gasteiger partial charge in [0.1, 0.15) is 16.7 Å². The summed E-state index contributed by atoms with van der Waals surface area (Å²) in [5.41, 5.74) is 5.03. The molecule has 0 bridgehead atoms. The topological polar surface area (TPSA) is 68.5 Å². The van der Waals surface area contributed by atoms with Crippen LogP contribution in [0, 0.1) is 0 Å². The molecule has 7 heteroatoms. The molecule has 108 valence electrons. The largest absolute Gasteiger partial charge is 0.360 e. The van der Waals surface area contributed by atoms with Crippen LogP contribution < -0.4 is 5.32 Å². The highest BCUT2D eigenvalue weighted by Crippen LogP contribution is 2.25. The Bertz CT molecular complexity index is 753. The predicted molar refractivity (Wildman–Crippen MR) is 82.4 cm³/mol. The summed E-state index contributed by atoms with van der Waals surface area (Å²) < 4.78 is 2.13. The Hall–Kier alpha value is -2.02. The molecule has 0 aliphatic carbocycles. The molecule has 1 atom stereocenters. The smallest absolute Gasteiger partial charge is 0.157 e. The molecule has 1 aliphatic rings. The molecule has 1 unspecified atom stereocenters. The number of nitrogens with one attached hydrogen (secondary N) is 1. The van der Waals surface area contributed by atoms with E-state index >= 15 is 0 Å². The molecule has 4 heterocycles. The molecule has 0 spiro atoms. The molecule has 0 radical (unpaired) electrons. The lowest BCUT2D eigenvalue weighted by Crippen LogP contribution is -2.12. The maximum absolute atomic E-state index is 4.71. The Kier molecular flexibility index (Phi) is 3.07. The summed E-state index contributed by atoms with van der Waals surface area (Å²) in [5.74, 6) is 0.778. The van der Waals surface area contributed by atoms with Crippen molar-refractivity contribution in [3.8, 4) is 0 Å². The molecular weight excluding hydrogens is 284 g/mol. The highest BCUT2D eigenvalue weighted by molar-refractivity contribution is 7.16. The lowest BCUT2D eigenvalue weighted by Gasteiger charge is -2.13. The predicted octanol–water partition coefficient (Wildman–Crippen LogP) is 2.79. The number of anilines is 1. The zero-order valence-corrected chi connectivity index (χ0v) is 12.6. The fourth-order valence-electron chi connectivity index (χ4n) is 2.73. The molecule has 0 saturated carbocycles. The van der Waals surface area contributed by atoms with Gasteiger partial charge in [0.25, 0.3) is 0 Å². The third-order valence-corrected chi connectivity index (χ3v) is 4.60. The van der Waals surface area contributed by atoms with Crippen molar-refractivity contribution in [2.24, 2.45) is 0 Å². The van der Waals surface area contributed by atoms with Crippen LogP contribution in [-0.4, -0.2) is 24.7 Å². The van der Waals surface area contributed by atoms with E-state index in [0.717, 1.165) is 34.8 Å². The van der Waals surface area contributed by atoms with E-state index in [1.165, 1.54) is 29.9 Å². The number of rotatable bonds is 3. The van der Waals surface area contributed by atoms with Crippen molar-refractivity contribution >= 4 is 27.5 Å². The van der Waals surface area contributed by atoms with E-state index in [1.54, 1.807) is 11.8 Å². The molecule has 0 aromatic carbocycles. The first-order chi connectivity index (χ1) is 10.3. The van der Waals surface area contributed by atoms with Crippen molar-refractivity contribution in [2.75, 3.05) is 5.32 Å². The van der Waals surface area contributed by atoms with Crippen molar-refractivity contribution in [3.05, 3.63) is 29.3 Å². The summed E-state index contributed by atoms with van der Waals surface area (Å²) in [6.07, 6.45) is 5.19. The van der Waals surface area contributed by atoms with Crippen molar-refractivity contribution in [2.45, 2.75) is 38.8 Å². The van der Waals surface area contributed by atoms with Gasteiger partial charge in [-0.1, -0.05) is 0 Å². The average Bonchev–Trinajstić information content (AvgIpc) is 3.14. The van der Waals surface area contributed by atoms with Crippen LogP contribution >= 0.6 is 11.3 Å². The van der Waals surface area contributed by atoms with Crippen molar-refractivity contribution in [3.63, 3.8) is 0 Å². The van der Waals surface area contributed by atoms with E-state index in [2.05, 4.69) is 37.9 Å². The second kappa shape index (κ2) is 5.07. The number of hydrogen-bond acceptors (Lipinski definition) is 6. The molecule has 0 fully saturated rings. The quantitative estimate of drug-likeness (QED) is 0.805. The molecule has 6 nitrogen and oxygen atoms in total. The summed E-state index contributed by atoms with van der Waals surface area (Å²) >= 11 is 1.52. The minimum Gasteiger partial charge on any atom is -0.360 e. The SMILES string of the molecule is CC(Nc1ncnc2scnc12)c1cc2n(n1)CCCC2. The van der Waals surface area contributed by atoms with E-state index in [-0.39, 0.29) is 6.04 Å².